The van der Waals surface area contributed by atoms with Gasteiger partial charge in [0.1, 0.15) is 19.0 Å². The molecule has 0 N–H and O–H groups in total. The van der Waals surface area contributed by atoms with E-state index in [4.69, 9.17) is 9.47 Å². The Morgan fingerprint density at radius 1 is 0.611 bits per heavy atom. The number of alkyl halides is 16. The van der Waals surface area contributed by atoms with Crippen molar-refractivity contribution in [3.05, 3.63) is 42.2 Å². The highest BCUT2D eigenvalue weighted by atomic mass is 19.4. The molecule has 54 heavy (non-hydrogen) atoms. The lowest BCUT2D eigenvalue weighted by Crippen LogP contribution is -2.64. The van der Waals surface area contributed by atoms with E-state index in [0.717, 1.165) is 24.8 Å². The van der Waals surface area contributed by atoms with E-state index in [9.17, 15) is 70.2 Å². The molecule has 1 atom stereocenters. The number of benzene rings is 1. The van der Waals surface area contributed by atoms with Crippen LogP contribution in [0.3, 0.4) is 0 Å². The Morgan fingerprint density at radius 3 is 1.72 bits per heavy atom. The Kier molecular flexibility index (Phi) is 16.6. The van der Waals surface area contributed by atoms with Crippen molar-refractivity contribution in [2.75, 3.05) is 33.0 Å². The predicted octanol–water partition coefficient (Wildman–Crippen LogP) is 10.0. The van der Waals surface area contributed by atoms with Gasteiger partial charge in [0.15, 0.2) is 12.0 Å². The molecule has 0 radical (unpaired) electrons. The second-order valence-corrected chi connectivity index (χ2v) is 11.5. The van der Waals surface area contributed by atoms with Crippen LogP contribution >= 0.6 is 0 Å². The fraction of sp³-hybridized carbons (Fsp3) is 0.677. The molecule has 23 heteroatoms. The van der Waals surface area contributed by atoms with E-state index in [1.807, 2.05) is 0 Å². The zero-order valence-corrected chi connectivity index (χ0v) is 28.0. The third-order valence-corrected chi connectivity index (χ3v) is 7.00. The number of aromatic nitrogens is 2. The molecule has 0 aliphatic carbocycles. The summed E-state index contributed by atoms with van der Waals surface area (Å²) in [6.45, 7) is -3.29. The zero-order chi connectivity index (χ0) is 41.1. The van der Waals surface area contributed by atoms with Crippen molar-refractivity contribution < 1.29 is 93.9 Å². The molecular weight excluding hydrogens is 784 g/mol. The van der Waals surface area contributed by atoms with Crippen molar-refractivity contribution in [3.63, 3.8) is 0 Å². The first-order chi connectivity index (χ1) is 24.8. The smallest absolute Gasteiger partial charge is 0.460 e. The highest BCUT2D eigenvalue weighted by Crippen LogP contribution is 2.56. The fourth-order valence-electron chi connectivity index (χ4n) is 4.12. The molecule has 1 heterocycles. The number of aryl methyl sites for hydroxylation is 1. The van der Waals surface area contributed by atoms with Crippen LogP contribution in [0, 0.1) is 0 Å². The Morgan fingerprint density at radius 2 is 1.15 bits per heavy atom. The first-order valence-electron chi connectivity index (χ1n) is 15.9. The van der Waals surface area contributed by atoms with Gasteiger partial charge in [-0.15, -0.1) is 0 Å². The van der Waals surface area contributed by atoms with E-state index in [2.05, 4.69) is 26.4 Å². The van der Waals surface area contributed by atoms with Crippen LogP contribution in [0.4, 0.5) is 70.2 Å². The van der Waals surface area contributed by atoms with E-state index in [-0.39, 0.29) is 5.75 Å². The number of ether oxygens (including phenoxy) is 5. The predicted molar refractivity (Wildman–Crippen MR) is 154 cm³/mol. The molecule has 0 saturated carbocycles. The van der Waals surface area contributed by atoms with Crippen molar-refractivity contribution >= 4 is 0 Å². The fourth-order valence-corrected chi connectivity index (χ4v) is 4.12. The third-order valence-electron chi connectivity index (χ3n) is 7.00. The number of hydrogen-bond donors (Lipinski definition) is 0. The van der Waals surface area contributed by atoms with Gasteiger partial charge in [-0.2, -0.15) is 65.9 Å². The largest absolute Gasteiger partial charge is 0.490 e. The minimum atomic E-state index is -7.95. The van der Waals surface area contributed by atoms with E-state index in [1.54, 1.807) is 29.3 Å². The summed E-state index contributed by atoms with van der Waals surface area (Å²) >= 11 is 0. The summed E-state index contributed by atoms with van der Waals surface area (Å²) in [5.74, 6) is -15.1. The number of unbranched alkanes of at least 4 members (excludes halogenated alkanes) is 5. The Hall–Kier alpha value is -3.18. The SMILES string of the molecule is CCCCCCCCc1cnc(-c2ccc(OC[C@H](F)COCCOCC(F)(F)OC(F)(F)C(F)(F)OC(F)(F)C(F)(F)C(F)(F)C(F)(F)F)cc2)nc1. The van der Waals surface area contributed by atoms with Gasteiger partial charge in [0.2, 0.25) is 0 Å². The van der Waals surface area contributed by atoms with Crippen LogP contribution in [-0.4, -0.2) is 91.6 Å². The van der Waals surface area contributed by atoms with Gasteiger partial charge < -0.3 is 14.2 Å². The second kappa shape index (κ2) is 19.1. The minimum absolute atomic E-state index is 0.233. The standard InChI is InChI=1S/C31H34F16N2O5/c1-2-3-4-5-6-7-8-20-15-48-24(49-16-20)21-9-11-23(12-10-21)52-18-22(32)17-50-13-14-51-19-25(33,34)53-30(44,45)31(46,47)54-29(42,43)27(37,38)26(35,36)28(39,40)41/h9-12,15-16,22H,2-8,13-14,17-19H2,1H3/t22-/m1/s1. The summed E-state index contributed by atoms with van der Waals surface area (Å²) in [6, 6.07) is 6.25. The van der Waals surface area contributed by atoms with E-state index < -0.39 is 81.7 Å². The summed E-state index contributed by atoms with van der Waals surface area (Å²) in [7, 11) is 0. The van der Waals surface area contributed by atoms with Crippen LogP contribution < -0.4 is 4.74 Å². The van der Waals surface area contributed by atoms with Crippen LogP contribution in [0.5, 0.6) is 5.75 Å². The van der Waals surface area contributed by atoms with E-state index in [0.29, 0.717) is 11.4 Å². The first-order valence-corrected chi connectivity index (χ1v) is 15.9. The Balaban J connectivity index is 1.74. The molecule has 0 saturated heterocycles. The van der Waals surface area contributed by atoms with Gasteiger partial charge in [-0.1, -0.05) is 39.0 Å². The molecule has 0 aliphatic heterocycles. The lowest BCUT2D eigenvalue weighted by atomic mass is 10.1. The minimum Gasteiger partial charge on any atom is -0.490 e. The molecule has 2 aromatic rings. The summed E-state index contributed by atoms with van der Waals surface area (Å²) in [4.78, 5) is 8.71. The number of rotatable bonds is 25. The normalized spacial score (nSPS) is 14.4. The van der Waals surface area contributed by atoms with Crippen molar-refractivity contribution in [2.24, 2.45) is 0 Å². The van der Waals surface area contributed by atoms with E-state index in [1.165, 1.54) is 37.8 Å². The quantitative estimate of drug-likeness (QED) is 0.0730. The Labute approximate surface area is 297 Å². The lowest BCUT2D eigenvalue weighted by molar-refractivity contribution is -0.543. The second-order valence-electron chi connectivity index (χ2n) is 11.5. The van der Waals surface area contributed by atoms with Gasteiger partial charge >= 0.3 is 42.5 Å². The highest BCUT2D eigenvalue weighted by Gasteiger charge is 2.85. The van der Waals surface area contributed by atoms with Crippen LogP contribution in [0.25, 0.3) is 11.4 Å². The van der Waals surface area contributed by atoms with Crippen LogP contribution in [-0.2, 0) is 25.4 Å². The Bertz CT molecular complexity index is 1400. The molecule has 2 rings (SSSR count). The van der Waals surface area contributed by atoms with Crippen molar-refractivity contribution in [1.29, 1.82) is 0 Å². The van der Waals surface area contributed by atoms with Crippen molar-refractivity contribution in [1.82, 2.24) is 9.97 Å². The molecule has 7 nitrogen and oxygen atoms in total. The molecular formula is C31H34F16N2O5. The van der Waals surface area contributed by atoms with Gasteiger partial charge in [-0.3, -0.25) is 0 Å². The average Bonchev–Trinajstić information content (AvgIpc) is 3.05. The van der Waals surface area contributed by atoms with Gasteiger partial charge in [0, 0.05) is 18.0 Å². The van der Waals surface area contributed by atoms with Crippen LogP contribution in [0.15, 0.2) is 36.7 Å². The van der Waals surface area contributed by atoms with Gasteiger partial charge in [0.05, 0.1) is 19.8 Å². The molecule has 1 aromatic carbocycles. The average molecular weight is 819 g/mol. The molecule has 0 fully saturated rings. The third kappa shape index (κ3) is 13.2. The molecule has 0 spiro atoms. The van der Waals surface area contributed by atoms with Crippen LogP contribution in [0.2, 0.25) is 0 Å². The molecule has 0 unspecified atom stereocenters. The zero-order valence-electron chi connectivity index (χ0n) is 28.0. The van der Waals surface area contributed by atoms with Gasteiger partial charge in [-0.05, 0) is 42.7 Å². The maximum atomic E-state index is 14.1. The highest BCUT2D eigenvalue weighted by molar-refractivity contribution is 5.55. The van der Waals surface area contributed by atoms with E-state index >= 15 is 0 Å². The molecule has 310 valence electrons. The summed E-state index contributed by atoms with van der Waals surface area (Å²) in [5, 5.41) is 0. The number of hydrogen-bond acceptors (Lipinski definition) is 7. The summed E-state index contributed by atoms with van der Waals surface area (Å²) in [6.07, 6.45) is -25.8. The monoisotopic (exact) mass is 818 g/mol. The van der Waals surface area contributed by atoms with Crippen LogP contribution in [0.1, 0.15) is 51.0 Å². The van der Waals surface area contributed by atoms with Crippen molar-refractivity contribution in [2.45, 2.75) is 100 Å². The molecule has 0 aliphatic rings. The number of nitrogens with zero attached hydrogens (tertiary/aromatic N) is 2. The molecule has 1 aromatic heterocycles. The number of halogens is 16. The van der Waals surface area contributed by atoms with Gasteiger partial charge in [0.25, 0.3) is 0 Å². The topological polar surface area (TPSA) is 71.9 Å². The molecule has 0 amide bonds. The van der Waals surface area contributed by atoms with Gasteiger partial charge in [-0.25, -0.2) is 23.8 Å². The summed E-state index contributed by atoms with van der Waals surface area (Å²) in [5.41, 5.74) is 1.65. The van der Waals surface area contributed by atoms with Crippen molar-refractivity contribution in [3.8, 4) is 17.1 Å². The maximum absolute atomic E-state index is 14.1. The lowest BCUT2D eigenvalue weighted by Gasteiger charge is -2.36. The maximum Gasteiger partial charge on any atom is 0.460 e. The first kappa shape index (κ1) is 47.0. The summed E-state index contributed by atoms with van der Waals surface area (Å²) < 4.78 is 228. The molecule has 0 bridgehead atoms.